The first kappa shape index (κ1) is 21.4. The Bertz CT molecular complexity index is 675. The fourth-order valence-electron chi connectivity index (χ4n) is 1.92. The second-order valence-electron chi connectivity index (χ2n) is 5.69. The average molecular weight is 389 g/mol. The number of carbonyl (C=O) groups excluding carboxylic acids is 2. The lowest BCUT2D eigenvalue weighted by molar-refractivity contribution is -0.138. The van der Waals surface area contributed by atoms with Crippen LogP contribution in [0.5, 0.6) is 0 Å². The van der Waals surface area contributed by atoms with Crippen LogP contribution in [0.4, 0.5) is 0 Å². The van der Waals surface area contributed by atoms with Crippen molar-refractivity contribution in [3.63, 3.8) is 0 Å². The minimum atomic E-state index is -0.800. The molecule has 25 heavy (non-hydrogen) atoms. The van der Waals surface area contributed by atoms with Crippen molar-refractivity contribution < 1.29 is 19.4 Å². The van der Waals surface area contributed by atoms with Gasteiger partial charge in [-0.3, -0.25) is 4.79 Å². The SMILES string of the molecule is CCOC(=O)/C(=C\N[C@H](CO)C(C)C)C(=O)c1nc(C)c(Cl)cc1Cl. The number of hydrogen-bond donors (Lipinski definition) is 2. The molecule has 0 aliphatic heterocycles. The highest BCUT2D eigenvalue weighted by Crippen LogP contribution is 2.24. The van der Waals surface area contributed by atoms with Gasteiger partial charge in [0.1, 0.15) is 11.3 Å². The third-order valence-corrected chi connectivity index (χ3v) is 4.17. The number of nitrogens with zero attached hydrogens (tertiary/aromatic N) is 1. The van der Waals surface area contributed by atoms with E-state index in [0.717, 1.165) is 0 Å². The molecule has 0 aromatic carbocycles. The van der Waals surface area contributed by atoms with E-state index in [4.69, 9.17) is 27.9 Å². The maximum absolute atomic E-state index is 12.8. The van der Waals surface area contributed by atoms with E-state index in [1.807, 2.05) is 13.8 Å². The molecule has 0 unspecified atom stereocenters. The lowest BCUT2D eigenvalue weighted by Crippen LogP contribution is -2.34. The zero-order chi connectivity index (χ0) is 19.1. The molecule has 138 valence electrons. The Morgan fingerprint density at radius 1 is 1.36 bits per heavy atom. The topological polar surface area (TPSA) is 88.5 Å². The number of aromatic nitrogens is 1. The molecule has 0 spiro atoms. The monoisotopic (exact) mass is 388 g/mol. The second kappa shape index (κ2) is 9.75. The molecule has 1 atom stereocenters. The Labute approximate surface area is 157 Å². The first-order valence-corrected chi connectivity index (χ1v) is 8.60. The Hall–Kier alpha value is -1.63. The summed E-state index contributed by atoms with van der Waals surface area (Å²) in [6.45, 7) is 7.01. The fraction of sp³-hybridized carbons (Fsp3) is 0.471. The molecule has 0 fully saturated rings. The fourth-order valence-corrected chi connectivity index (χ4v) is 2.36. The van der Waals surface area contributed by atoms with Crippen molar-refractivity contribution in [2.24, 2.45) is 5.92 Å². The lowest BCUT2D eigenvalue weighted by atomic mass is 10.0. The van der Waals surface area contributed by atoms with Gasteiger partial charge in [-0.05, 0) is 25.8 Å². The van der Waals surface area contributed by atoms with E-state index in [1.165, 1.54) is 12.3 Å². The van der Waals surface area contributed by atoms with Crippen molar-refractivity contribution in [3.05, 3.63) is 39.3 Å². The molecule has 1 rings (SSSR count). The first-order chi connectivity index (χ1) is 11.7. The number of halogens is 2. The highest BCUT2D eigenvalue weighted by molar-refractivity contribution is 6.38. The molecule has 0 aliphatic carbocycles. The van der Waals surface area contributed by atoms with Crippen molar-refractivity contribution in [3.8, 4) is 0 Å². The summed E-state index contributed by atoms with van der Waals surface area (Å²) in [5.41, 5.74) is 0.0767. The number of rotatable bonds is 8. The van der Waals surface area contributed by atoms with Crippen LogP contribution in [0.25, 0.3) is 0 Å². The second-order valence-corrected chi connectivity index (χ2v) is 6.51. The van der Waals surface area contributed by atoms with Crippen LogP contribution in [-0.2, 0) is 9.53 Å². The third-order valence-electron chi connectivity index (χ3n) is 3.50. The van der Waals surface area contributed by atoms with Crippen molar-refractivity contribution in [2.45, 2.75) is 33.7 Å². The van der Waals surface area contributed by atoms with E-state index in [-0.39, 0.29) is 41.5 Å². The normalized spacial score (nSPS) is 12.9. The number of Topliss-reactive ketones (excluding diaryl/α,β-unsaturated/α-hetero) is 1. The first-order valence-electron chi connectivity index (χ1n) is 7.84. The summed E-state index contributed by atoms with van der Waals surface area (Å²) in [5, 5.41) is 12.6. The number of esters is 1. The Morgan fingerprint density at radius 2 is 2.00 bits per heavy atom. The van der Waals surface area contributed by atoms with Crippen molar-refractivity contribution in [1.29, 1.82) is 0 Å². The van der Waals surface area contributed by atoms with Crippen LogP contribution in [-0.4, -0.2) is 41.1 Å². The zero-order valence-corrected chi connectivity index (χ0v) is 16.1. The number of aliphatic hydroxyl groups is 1. The van der Waals surface area contributed by atoms with E-state index < -0.39 is 11.8 Å². The van der Waals surface area contributed by atoms with E-state index in [2.05, 4.69) is 10.3 Å². The van der Waals surface area contributed by atoms with Gasteiger partial charge in [0.05, 0.1) is 35.0 Å². The zero-order valence-electron chi connectivity index (χ0n) is 14.6. The third kappa shape index (κ3) is 5.70. The number of ketones is 1. The van der Waals surface area contributed by atoms with Crippen LogP contribution in [0.3, 0.4) is 0 Å². The average Bonchev–Trinajstić information content (AvgIpc) is 2.54. The summed E-state index contributed by atoms with van der Waals surface area (Å²) in [7, 11) is 0. The van der Waals surface area contributed by atoms with Gasteiger partial charge in [-0.25, -0.2) is 9.78 Å². The summed E-state index contributed by atoms with van der Waals surface area (Å²) in [6.07, 6.45) is 1.24. The Balaban J connectivity index is 3.26. The lowest BCUT2D eigenvalue weighted by Gasteiger charge is -2.19. The van der Waals surface area contributed by atoms with Gasteiger partial charge >= 0.3 is 5.97 Å². The van der Waals surface area contributed by atoms with Gasteiger partial charge in [-0.2, -0.15) is 0 Å². The van der Waals surface area contributed by atoms with E-state index in [0.29, 0.717) is 10.7 Å². The van der Waals surface area contributed by atoms with E-state index in [1.54, 1.807) is 13.8 Å². The highest BCUT2D eigenvalue weighted by Gasteiger charge is 2.26. The largest absolute Gasteiger partial charge is 0.462 e. The molecule has 0 saturated heterocycles. The number of ether oxygens (including phenoxy) is 1. The van der Waals surface area contributed by atoms with Crippen LogP contribution in [0, 0.1) is 12.8 Å². The molecule has 0 saturated carbocycles. The van der Waals surface area contributed by atoms with Crippen LogP contribution < -0.4 is 5.32 Å². The molecular formula is C17H22Cl2N2O4. The molecule has 8 heteroatoms. The molecule has 1 aromatic heterocycles. The van der Waals surface area contributed by atoms with Gasteiger partial charge in [0.25, 0.3) is 0 Å². The number of nitrogens with one attached hydrogen (secondary N) is 1. The number of aliphatic hydroxyl groups excluding tert-OH is 1. The number of pyridine rings is 1. The van der Waals surface area contributed by atoms with Gasteiger partial charge in [0.15, 0.2) is 0 Å². The van der Waals surface area contributed by atoms with Crippen LogP contribution in [0.2, 0.25) is 10.0 Å². The number of hydrogen-bond acceptors (Lipinski definition) is 6. The maximum atomic E-state index is 12.8. The van der Waals surface area contributed by atoms with Gasteiger partial charge in [-0.1, -0.05) is 37.0 Å². The Morgan fingerprint density at radius 3 is 2.52 bits per heavy atom. The minimum Gasteiger partial charge on any atom is -0.462 e. The van der Waals surface area contributed by atoms with Gasteiger partial charge in [0, 0.05) is 6.20 Å². The summed E-state index contributed by atoms with van der Waals surface area (Å²) in [6, 6.07) is 1.08. The van der Waals surface area contributed by atoms with Gasteiger partial charge < -0.3 is 15.2 Å². The molecule has 0 bridgehead atoms. The summed E-state index contributed by atoms with van der Waals surface area (Å²) >= 11 is 12.0. The number of aryl methyl sites for hydroxylation is 1. The molecule has 6 nitrogen and oxygen atoms in total. The molecule has 1 heterocycles. The van der Waals surface area contributed by atoms with Gasteiger partial charge in [0.2, 0.25) is 5.78 Å². The summed E-state index contributed by atoms with van der Waals surface area (Å²) in [4.78, 5) is 29.0. The van der Waals surface area contributed by atoms with E-state index in [9.17, 15) is 14.7 Å². The van der Waals surface area contributed by atoms with Gasteiger partial charge in [-0.15, -0.1) is 0 Å². The predicted octanol–water partition coefficient (Wildman–Crippen LogP) is 2.93. The maximum Gasteiger partial charge on any atom is 0.343 e. The van der Waals surface area contributed by atoms with Crippen molar-refractivity contribution in [1.82, 2.24) is 10.3 Å². The number of carbonyl (C=O) groups is 2. The molecule has 1 aromatic rings. The minimum absolute atomic E-state index is 0.0402. The molecule has 0 radical (unpaired) electrons. The quantitative estimate of drug-likeness (QED) is 0.234. The standard InChI is InChI=1S/C17H22Cl2N2O4/c1-5-25-17(24)11(7-20-14(8-22)9(2)3)16(23)15-13(19)6-12(18)10(4)21-15/h6-7,9,14,20,22H,5,8H2,1-4H3/b11-7-/t14-/m1/s1. The van der Waals surface area contributed by atoms with Crippen LogP contribution in [0.1, 0.15) is 37.0 Å². The van der Waals surface area contributed by atoms with E-state index >= 15 is 0 Å². The highest BCUT2D eigenvalue weighted by atomic mass is 35.5. The molecule has 0 amide bonds. The Kier molecular flexibility index (Phi) is 8.35. The molecule has 0 aliphatic rings. The van der Waals surface area contributed by atoms with Crippen LogP contribution in [0.15, 0.2) is 17.8 Å². The summed E-state index contributed by atoms with van der Waals surface area (Å²) in [5.74, 6) is -1.40. The molecular weight excluding hydrogens is 367 g/mol. The smallest absolute Gasteiger partial charge is 0.343 e. The van der Waals surface area contributed by atoms with Crippen molar-refractivity contribution >= 4 is 35.0 Å². The van der Waals surface area contributed by atoms with Crippen LogP contribution >= 0.6 is 23.2 Å². The van der Waals surface area contributed by atoms with Crippen molar-refractivity contribution in [2.75, 3.05) is 13.2 Å². The summed E-state index contributed by atoms with van der Waals surface area (Å²) < 4.78 is 4.94. The predicted molar refractivity (Wildman–Crippen MR) is 96.9 cm³/mol. The molecule has 2 N–H and O–H groups in total.